The van der Waals surface area contributed by atoms with E-state index < -0.39 is 0 Å². The number of para-hydroxylation sites is 2. The van der Waals surface area contributed by atoms with E-state index in [9.17, 15) is 9.59 Å². The Labute approximate surface area is 206 Å². The van der Waals surface area contributed by atoms with Crippen LogP contribution in [0.3, 0.4) is 0 Å². The topological polar surface area (TPSA) is 67.4 Å². The van der Waals surface area contributed by atoms with Crippen LogP contribution in [0.15, 0.2) is 53.4 Å². The zero-order chi connectivity index (χ0) is 23.5. The van der Waals surface area contributed by atoms with Gasteiger partial charge in [0.25, 0.3) is 5.91 Å². The summed E-state index contributed by atoms with van der Waals surface area (Å²) in [6, 6.07) is 15.0. The predicted octanol–water partition coefficient (Wildman–Crippen LogP) is 5.90. The minimum atomic E-state index is -0.197. The van der Waals surface area contributed by atoms with Gasteiger partial charge < -0.3 is 15.4 Å². The van der Waals surface area contributed by atoms with Crippen molar-refractivity contribution in [2.75, 3.05) is 17.7 Å². The highest BCUT2D eigenvalue weighted by atomic mass is 32.2. The number of rotatable bonds is 9. The first kappa shape index (κ1) is 23.3. The van der Waals surface area contributed by atoms with Crippen molar-refractivity contribution in [1.29, 1.82) is 0 Å². The van der Waals surface area contributed by atoms with E-state index in [0.717, 1.165) is 48.3 Å². The number of ether oxygens (including phenoxy) is 1. The normalized spacial score (nSPS) is 26.8. The largest absolute Gasteiger partial charge is 0.491 e. The zero-order valence-corrected chi connectivity index (χ0v) is 20.7. The molecule has 4 bridgehead atoms. The van der Waals surface area contributed by atoms with Crippen molar-refractivity contribution in [3.63, 3.8) is 0 Å². The van der Waals surface area contributed by atoms with Crippen LogP contribution in [0, 0.1) is 17.8 Å². The average Bonchev–Trinajstić information content (AvgIpc) is 2.81. The van der Waals surface area contributed by atoms with Crippen LogP contribution in [0.5, 0.6) is 5.75 Å². The first-order chi connectivity index (χ1) is 16.5. The summed E-state index contributed by atoms with van der Waals surface area (Å²) in [6.07, 6.45) is 8.42. The Balaban J connectivity index is 1.22. The van der Waals surface area contributed by atoms with Crippen molar-refractivity contribution in [2.45, 2.75) is 62.3 Å². The van der Waals surface area contributed by atoms with Gasteiger partial charge in [0.05, 0.1) is 23.6 Å². The van der Waals surface area contributed by atoms with Gasteiger partial charge in [-0.3, -0.25) is 9.59 Å². The second kappa shape index (κ2) is 10.0. The molecule has 6 heteroatoms. The van der Waals surface area contributed by atoms with E-state index in [1.165, 1.54) is 31.0 Å². The molecule has 0 aliphatic heterocycles. The van der Waals surface area contributed by atoms with Gasteiger partial charge in [-0.25, -0.2) is 0 Å². The second-order valence-electron chi connectivity index (χ2n) is 10.3. The van der Waals surface area contributed by atoms with Crippen LogP contribution in [0.2, 0.25) is 0 Å². The molecule has 6 rings (SSSR count). The summed E-state index contributed by atoms with van der Waals surface area (Å²) >= 11 is 1.44. The van der Waals surface area contributed by atoms with E-state index in [-0.39, 0.29) is 17.4 Å². The molecular formula is C28H34N2O3S. The van der Waals surface area contributed by atoms with Crippen LogP contribution in [0.4, 0.5) is 5.69 Å². The molecular weight excluding hydrogens is 444 g/mol. The van der Waals surface area contributed by atoms with E-state index in [1.54, 1.807) is 0 Å². The molecule has 0 radical (unpaired) electrons. The number of amides is 2. The highest BCUT2D eigenvalue weighted by molar-refractivity contribution is 8.00. The van der Waals surface area contributed by atoms with Crippen molar-refractivity contribution in [3.05, 3.63) is 54.1 Å². The lowest BCUT2D eigenvalue weighted by Crippen LogP contribution is -2.60. The SMILES string of the molecule is CCCOc1ccccc1NC(=O)c1ccccc1SCC(=O)NC12CC3CC(CC(C3)C1)C2. The second-order valence-corrected chi connectivity index (χ2v) is 11.3. The van der Waals surface area contributed by atoms with Gasteiger partial charge >= 0.3 is 0 Å². The summed E-state index contributed by atoms with van der Waals surface area (Å²) in [5.74, 6) is 3.27. The summed E-state index contributed by atoms with van der Waals surface area (Å²) in [6.45, 7) is 2.65. The molecule has 2 N–H and O–H groups in total. The molecule has 4 aliphatic rings. The van der Waals surface area contributed by atoms with Crippen molar-refractivity contribution in [1.82, 2.24) is 5.32 Å². The molecule has 5 nitrogen and oxygen atoms in total. The Morgan fingerprint density at radius 3 is 2.32 bits per heavy atom. The van der Waals surface area contributed by atoms with Gasteiger partial charge in [-0.15, -0.1) is 11.8 Å². The summed E-state index contributed by atoms with van der Waals surface area (Å²) < 4.78 is 5.77. The van der Waals surface area contributed by atoms with Gasteiger partial charge in [0.1, 0.15) is 5.75 Å². The minimum Gasteiger partial charge on any atom is -0.491 e. The van der Waals surface area contributed by atoms with E-state index in [4.69, 9.17) is 4.74 Å². The maximum absolute atomic E-state index is 13.1. The Kier molecular flexibility index (Phi) is 6.87. The van der Waals surface area contributed by atoms with Crippen molar-refractivity contribution < 1.29 is 14.3 Å². The Morgan fingerprint density at radius 2 is 1.62 bits per heavy atom. The predicted molar refractivity (Wildman–Crippen MR) is 136 cm³/mol. The average molecular weight is 479 g/mol. The molecule has 0 saturated heterocycles. The van der Waals surface area contributed by atoms with Crippen LogP contribution >= 0.6 is 11.8 Å². The molecule has 4 aliphatic carbocycles. The van der Waals surface area contributed by atoms with E-state index in [2.05, 4.69) is 10.6 Å². The molecule has 0 heterocycles. The first-order valence-corrected chi connectivity index (χ1v) is 13.6. The number of carbonyl (C=O) groups excluding carboxylic acids is 2. The molecule has 0 spiro atoms. The number of hydrogen-bond donors (Lipinski definition) is 2. The number of hydrogen-bond acceptors (Lipinski definition) is 4. The van der Waals surface area contributed by atoms with Gasteiger partial charge in [-0.2, -0.15) is 0 Å². The van der Waals surface area contributed by atoms with Crippen LogP contribution < -0.4 is 15.4 Å². The first-order valence-electron chi connectivity index (χ1n) is 12.6. The molecule has 2 amide bonds. The standard InChI is InChI=1S/C28H34N2O3S/c1-2-11-33-24-9-5-4-8-23(24)29-27(32)22-7-3-6-10-25(22)34-18-26(31)30-28-15-19-12-20(16-28)14-21(13-19)17-28/h3-10,19-21H,2,11-18H2,1H3,(H,29,32)(H,30,31). The fraction of sp³-hybridized carbons (Fsp3) is 0.500. The van der Waals surface area contributed by atoms with Gasteiger partial charge in [-0.05, 0) is 87.0 Å². The molecule has 34 heavy (non-hydrogen) atoms. The Hall–Kier alpha value is -2.47. The van der Waals surface area contributed by atoms with Crippen LogP contribution in [-0.2, 0) is 4.79 Å². The molecule has 2 aromatic rings. The van der Waals surface area contributed by atoms with E-state index in [1.807, 2.05) is 55.5 Å². The third kappa shape index (κ3) is 5.12. The molecule has 2 aromatic carbocycles. The Bertz CT molecular complexity index is 1020. The number of benzene rings is 2. The molecule has 4 fully saturated rings. The lowest BCUT2D eigenvalue weighted by Gasteiger charge is -2.56. The highest BCUT2D eigenvalue weighted by Gasteiger charge is 2.51. The third-order valence-electron chi connectivity index (χ3n) is 7.53. The fourth-order valence-electron chi connectivity index (χ4n) is 6.62. The summed E-state index contributed by atoms with van der Waals surface area (Å²) in [7, 11) is 0. The van der Waals surface area contributed by atoms with Crippen molar-refractivity contribution >= 4 is 29.3 Å². The maximum atomic E-state index is 13.1. The quantitative estimate of drug-likeness (QED) is 0.440. The molecule has 4 saturated carbocycles. The summed E-state index contributed by atoms with van der Waals surface area (Å²) in [5, 5.41) is 6.42. The summed E-state index contributed by atoms with van der Waals surface area (Å²) in [5.41, 5.74) is 1.24. The number of carbonyl (C=O) groups is 2. The lowest BCUT2D eigenvalue weighted by molar-refractivity contribution is -0.124. The fourth-order valence-corrected chi connectivity index (χ4v) is 7.47. The van der Waals surface area contributed by atoms with Crippen LogP contribution in [0.1, 0.15) is 62.2 Å². The van der Waals surface area contributed by atoms with Gasteiger partial charge in [0.15, 0.2) is 0 Å². The molecule has 180 valence electrons. The Morgan fingerprint density at radius 1 is 0.971 bits per heavy atom. The molecule has 0 atom stereocenters. The number of nitrogens with one attached hydrogen (secondary N) is 2. The number of anilines is 1. The maximum Gasteiger partial charge on any atom is 0.256 e. The van der Waals surface area contributed by atoms with E-state index >= 15 is 0 Å². The molecule has 0 unspecified atom stereocenters. The van der Waals surface area contributed by atoms with Crippen molar-refractivity contribution in [2.24, 2.45) is 17.8 Å². The monoisotopic (exact) mass is 478 g/mol. The van der Waals surface area contributed by atoms with Gasteiger partial charge in [0, 0.05) is 10.4 Å². The number of thioether (sulfide) groups is 1. The van der Waals surface area contributed by atoms with Crippen LogP contribution in [-0.4, -0.2) is 29.7 Å². The van der Waals surface area contributed by atoms with Crippen LogP contribution in [0.25, 0.3) is 0 Å². The minimum absolute atomic E-state index is 0.0193. The van der Waals surface area contributed by atoms with Gasteiger partial charge in [-0.1, -0.05) is 31.2 Å². The lowest BCUT2D eigenvalue weighted by atomic mass is 9.53. The third-order valence-corrected chi connectivity index (χ3v) is 8.60. The van der Waals surface area contributed by atoms with Crippen molar-refractivity contribution in [3.8, 4) is 5.75 Å². The summed E-state index contributed by atoms with van der Waals surface area (Å²) in [4.78, 5) is 26.9. The van der Waals surface area contributed by atoms with E-state index in [0.29, 0.717) is 29.4 Å². The molecule has 0 aromatic heterocycles. The van der Waals surface area contributed by atoms with Gasteiger partial charge in [0.2, 0.25) is 5.91 Å². The smallest absolute Gasteiger partial charge is 0.256 e. The highest BCUT2D eigenvalue weighted by Crippen LogP contribution is 2.55. The zero-order valence-electron chi connectivity index (χ0n) is 19.8.